The zero-order valence-electron chi connectivity index (χ0n) is 17.6. The van der Waals surface area contributed by atoms with Gasteiger partial charge in [0.2, 0.25) is 0 Å². The number of benzene rings is 1. The Labute approximate surface area is 188 Å². The normalized spacial score (nSPS) is 14.1. The molecule has 0 radical (unpaired) electrons. The molecule has 0 saturated carbocycles. The summed E-state index contributed by atoms with van der Waals surface area (Å²) < 4.78 is 7.36. The highest BCUT2D eigenvalue weighted by molar-refractivity contribution is 7.99. The fourth-order valence-corrected chi connectivity index (χ4v) is 5.24. The average molecular weight is 456 g/mol. The summed E-state index contributed by atoms with van der Waals surface area (Å²) in [6.07, 6.45) is 2.72. The summed E-state index contributed by atoms with van der Waals surface area (Å²) >= 11 is 3.06. The molecule has 4 heterocycles. The maximum atomic E-state index is 6.12. The number of hydrogen-bond donors (Lipinski definition) is 2. The number of nitrogens with two attached hydrogens (primary N) is 1. The fourth-order valence-electron chi connectivity index (χ4n) is 3.58. The molecule has 1 aromatic carbocycles. The van der Waals surface area contributed by atoms with Gasteiger partial charge in [0.05, 0.1) is 10.4 Å². The Balaban J connectivity index is 1.52. The van der Waals surface area contributed by atoms with Crippen molar-refractivity contribution in [2.75, 3.05) is 36.8 Å². The summed E-state index contributed by atoms with van der Waals surface area (Å²) in [5.41, 5.74) is 9.66. The van der Waals surface area contributed by atoms with E-state index in [1.54, 1.807) is 11.8 Å². The van der Waals surface area contributed by atoms with E-state index >= 15 is 0 Å². The van der Waals surface area contributed by atoms with E-state index in [4.69, 9.17) is 10.7 Å². The van der Waals surface area contributed by atoms with Gasteiger partial charge >= 0.3 is 0 Å². The van der Waals surface area contributed by atoms with E-state index in [0.717, 1.165) is 58.6 Å². The molecule has 0 aliphatic carbocycles. The Morgan fingerprint density at radius 2 is 2.13 bits per heavy atom. The molecule has 31 heavy (non-hydrogen) atoms. The van der Waals surface area contributed by atoms with E-state index in [0.29, 0.717) is 17.3 Å². The van der Waals surface area contributed by atoms with Gasteiger partial charge in [-0.25, -0.2) is 15.0 Å². The van der Waals surface area contributed by atoms with Crippen molar-refractivity contribution < 1.29 is 0 Å². The number of nitrogens with one attached hydrogen (secondary N) is 1. The number of rotatable bonds is 8. The van der Waals surface area contributed by atoms with E-state index < -0.39 is 0 Å². The molecule has 0 amide bonds. The molecule has 1 aliphatic rings. The van der Waals surface area contributed by atoms with Crippen molar-refractivity contribution in [2.45, 2.75) is 36.9 Å². The highest BCUT2D eigenvalue weighted by Gasteiger charge is 2.23. The first-order valence-electron chi connectivity index (χ1n) is 10.5. The van der Waals surface area contributed by atoms with Gasteiger partial charge in [-0.05, 0) is 54.3 Å². The number of nitrogens with zero attached hydrogens (tertiary/aromatic N) is 7. The van der Waals surface area contributed by atoms with Crippen LogP contribution in [0.25, 0.3) is 21.4 Å². The van der Waals surface area contributed by atoms with Crippen LogP contribution in [-0.4, -0.2) is 55.3 Å². The molecule has 0 bridgehead atoms. The highest BCUT2D eigenvalue weighted by atomic mass is 32.2. The van der Waals surface area contributed by atoms with Crippen LogP contribution in [-0.2, 0) is 6.54 Å². The molecule has 3 aromatic heterocycles. The molecule has 5 rings (SSSR count). The van der Waals surface area contributed by atoms with E-state index in [1.165, 1.54) is 30.0 Å². The molecule has 0 atom stereocenters. The minimum atomic E-state index is 0.405. The van der Waals surface area contributed by atoms with Gasteiger partial charge < -0.3 is 20.5 Å². The van der Waals surface area contributed by atoms with Crippen LogP contribution in [0.5, 0.6) is 0 Å². The smallest absolute Gasteiger partial charge is 0.175 e. The minimum absolute atomic E-state index is 0.405. The lowest BCUT2D eigenvalue weighted by Crippen LogP contribution is -2.37. The van der Waals surface area contributed by atoms with Crippen LogP contribution in [0.2, 0.25) is 0 Å². The zero-order chi connectivity index (χ0) is 21.4. The molecular weight excluding hydrogens is 430 g/mol. The van der Waals surface area contributed by atoms with Gasteiger partial charge in [-0.15, -0.1) is 5.10 Å². The monoisotopic (exact) mass is 455 g/mol. The lowest BCUT2D eigenvalue weighted by Gasteiger charge is -2.34. The Morgan fingerprint density at radius 3 is 2.90 bits per heavy atom. The van der Waals surface area contributed by atoms with Crippen molar-refractivity contribution in [3.63, 3.8) is 0 Å². The van der Waals surface area contributed by atoms with Gasteiger partial charge in [0.15, 0.2) is 22.1 Å². The number of imidazole rings is 1. The number of hydrogen-bond acceptors (Lipinski definition) is 10. The van der Waals surface area contributed by atoms with E-state index in [2.05, 4.69) is 60.3 Å². The quantitative estimate of drug-likeness (QED) is 0.387. The summed E-state index contributed by atoms with van der Waals surface area (Å²) in [4.78, 5) is 17.0. The third-order valence-electron chi connectivity index (χ3n) is 5.32. The Morgan fingerprint density at radius 1 is 1.26 bits per heavy atom. The van der Waals surface area contributed by atoms with Crippen LogP contribution in [0.1, 0.15) is 20.3 Å². The van der Waals surface area contributed by atoms with Crippen LogP contribution in [0.15, 0.2) is 28.5 Å². The second-order valence-electron chi connectivity index (χ2n) is 8.08. The number of anilines is 2. The standard InChI is InChI=1S/C20H25N9S2/c1-12(2)10-22-4-7-29-19-17(18(21)23-11-24-19)25-20(29)30-16-8-13-15(31-27-26-13)9-14(16)28-5-3-6-28/h8-9,11-12,22H,3-7,10H2,1-2H3,(H2,21,23,24). The molecule has 162 valence electrons. The number of aromatic nitrogens is 6. The van der Waals surface area contributed by atoms with Crippen LogP contribution in [0, 0.1) is 5.92 Å². The minimum Gasteiger partial charge on any atom is -0.382 e. The van der Waals surface area contributed by atoms with Gasteiger partial charge in [-0.2, -0.15) is 0 Å². The van der Waals surface area contributed by atoms with E-state index in [9.17, 15) is 0 Å². The lowest BCUT2D eigenvalue weighted by atomic mass is 10.2. The Bertz CT molecular complexity index is 1210. The fraction of sp³-hybridized carbons (Fsp3) is 0.450. The topological polar surface area (TPSA) is 111 Å². The van der Waals surface area contributed by atoms with Crippen LogP contribution >= 0.6 is 23.3 Å². The van der Waals surface area contributed by atoms with E-state index in [1.807, 2.05) is 0 Å². The van der Waals surface area contributed by atoms with Gasteiger partial charge in [-0.3, -0.25) is 0 Å². The van der Waals surface area contributed by atoms with Crippen LogP contribution in [0.3, 0.4) is 0 Å². The molecule has 1 saturated heterocycles. The zero-order valence-corrected chi connectivity index (χ0v) is 19.2. The molecular formula is C20H25N9S2. The molecule has 4 aromatic rings. The average Bonchev–Trinajstić information content (AvgIpc) is 3.29. The summed E-state index contributed by atoms with van der Waals surface area (Å²) in [6.45, 7) is 9.10. The highest BCUT2D eigenvalue weighted by Crippen LogP contribution is 2.40. The lowest BCUT2D eigenvalue weighted by molar-refractivity contribution is 0.516. The van der Waals surface area contributed by atoms with Gasteiger partial charge in [0.1, 0.15) is 11.8 Å². The molecule has 3 N–H and O–H groups in total. The first-order chi connectivity index (χ1) is 15.1. The van der Waals surface area contributed by atoms with Crippen molar-refractivity contribution >= 4 is 56.2 Å². The third kappa shape index (κ3) is 4.04. The van der Waals surface area contributed by atoms with Crippen molar-refractivity contribution in [2.24, 2.45) is 5.92 Å². The summed E-state index contributed by atoms with van der Waals surface area (Å²) in [7, 11) is 0. The molecule has 0 spiro atoms. The van der Waals surface area contributed by atoms with Crippen molar-refractivity contribution in [3.05, 3.63) is 18.5 Å². The van der Waals surface area contributed by atoms with Crippen molar-refractivity contribution in [3.8, 4) is 0 Å². The van der Waals surface area contributed by atoms with E-state index in [-0.39, 0.29) is 0 Å². The largest absolute Gasteiger partial charge is 0.382 e. The summed E-state index contributed by atoms with van der Waals surface area (Å²) in [5.74, 6) is 1.01. The van der Waals surface area contributed by atoms with Crippen molar-refractivity contribution in [1.82, 2.24) is 34.4 Å². The SMILES string of the molecule is CC(C)CNCCn1c(Sc2cc3nnsc3cc2N2CCC2)nc2c(N)ncnc21. The number of fused-ring (bicyclic) bond motifs is 2. The predicted octanol–water partition coefficient (Wildman–Crippen LogP) is 3.02. The summed E-state index contributed by atoms with van der Waals surface area (Å²) in [5, 5.41) is 8.64. The second-order valence-corrected chi connectivity index (χ2v) is 9.87. The number of nitrogen functional groups attached to an aromatic ring is 1. The van der Waals surface area contributed by atoms with Gasteiger partial charge in [-0.1, -0.05) is 18.3 Å². The molecule has 0 unspecified atom stereocenters. The molecule has 11 heteroatoms. The van der Waals surface area contributed by atoms with Crippen LogP contribution in [0.4, 0.5) is 11.5 Å². The van der Waals surface area contributed by atoms with Gasteiger partial charge in [0.25, 0.3) is 0 Å². The third-order valence-corrected chi connectivity index (χ3v) is 7.04. The first kappa shape index (κ1) is 20.4. The predicted molar refractivity (Wildman–Crippen MR) is 126 cm³/mol. The maximum Gasteiger partial charge on any atom is 0.175 e. The van der Waals surface area contributed by atoms with Crippen LogP contribution < -0.4 is 16.0 Å². The maximum absolute atomic E-state index is 6.12. The Kier molecular flexibility index (Phi) is 5.63. The molecule has 9 nitrogen and oxygen atoms in total. The molecule has 1 aliphatic heterocycles. The summed E-state index contributed by atoms with van der Waals surface area (Å²) in [6, 6.07) is 4.32. The Hall–Kier alpha value is -2.50. The first-order valence-corrected chi connectivity index (χ1v) is 12.1. The van der Waals surface area contributed by atoms with Crippen molar-refractivity contribution in [1.29, 1.82) is 0 Å². The second kappa shape index (κ2) is 8.56. The van der Waals surface area contributed by atoms with Gasteiger partial charge in [0, 0.05) is 31.1 Å². The molecule has 1 fully saturated rings.